The van der Waals surface area contributed by atoms with E-state index in [1.165, 1.54) is 12.1 Å². The Morgan fingerprint density at radius 3 is 2.29 bits per heavy atom. The van der Waals surface area contributed by atoms with E-state index in [0.717, 1.165) is 24.8 Å². The number of nitrogens with zero attached hydrogens (tertiary/aromatic N) is 2. The van der Waals surface area contributed by atoms with Gasteiger partial charge in [-0.1, -0.05) is 30.7 Å². The lowest BCUT2D eigenvalue weighted by Crippen LogP contribution is -2.23. The van der Waals surface area contributed by atoms with Crippen molar-refractivity contribution in [1.82, 2.24) is 9.97 Å². The largest absolute Gasteiger partial charge is 0.435 e. The zero-order valence-electron chi connectivity index (χ0n) is 19.0. The molecule has 3 atom stereocenters. The van der Waals surface area contributed by atoms with E-state index >= 15 is 0 Å². The number of anilines is 2. The van der Waals surface area contributed by atoms with E-state index in [2.05, 4.69) is 20.0 Å². The van der Waals surface area contributed by atoms with Gasteiger partial charge in [-0.25, -0.2) is 9.97 Å². The Bertz CT molecular complexity index is 1110. The van der Waals surface area contributed by atoms with Gasteiger partial charge in [0.2, 0.25) is 5.95 Å². The molecule has 1 aliphatic rings. The van der Waals surface area contributed by atoms with Crippen LogP contribution in [0.5, 0.6) is 5.75 Å². The van der Waals surface area contributed by atoms with Gasteiger partial charge in [-0.2, -0.15) is 8.78 Å². The van der Waals surface area contributed by atoms with Gasteiger partial charge in [0.1, 0.15) is 11.5 Å². The maximum atomic E-state index is 12.7. The molecule has 1 aliphatic carbocycles. The van der Waals surface area contributed by atoms with Gasteiger partial charge in [-0.15, -0.1) is 0 Å². The first-order valence-electron chi connectivity index (χ1n) is 11.5. The summed E-state index contributed by atoms with van der Waals surface area (Å²) in [4.78, 5) is 21.3. The summed E-state index contributed by atoms with van der Waals surface area (Å²) in [7, 11) is 0. The zero-order chi connectivity index (χ0) is 24.8. The molecule has 4 rings (SSSR count). The molecule has 184 valence electrons. The average molecular weight is 484 g/mol. The summed E-state index contributed by atoms with van der Waals surface area (Å²) in [6.45, 7) is -3.15. The Hall–Kier alpha value is -3.43. The second-order valence-electron chi connectivity index (χ2n) is 8.61. The maximum Gasteiger partial charge on any atom is 0.387 e. The second kappa shape index (κ2) is 11.3. The van der Waals surface area contributed by atoms with E-state index in [0.29, 0.717) is 22.8 Å². The minimum atomic E-state index is -2.87. The molecule has 2 aromatic carbocycles. The van der Waals surface area contributed by atoms with Crippen molar-refractivity contribution < 1.29 is 28.5 Å². The monoisotopic (exact) mass is 483 g/mol. The van der Waals surface area contributed by atoms with E-state index in [-0.39, 0.29) is 30.5 Å². The molecule has 0 spiro atoms. The highest BCUT2D eigenvalue weighted by Crippen LogP contribution is 2.31. The molecule has 0 unspecified atom stereocenters. The summed E-state index contributed by atoms with van der Waals surface area (Å²) in [5.41, 5.74) is 2.90. The number of alkyl halides is 2. The molecule has 3 N–H and O–H groups in total. The van der Waals surface area contributed by atoms with Gasteiger partial charge in [-0.05, 0) is 54.2 Å². The normalized spacial score (nSPS) is 18.4. The molecule has 35 heavy (non-hydrogen) atoms. The Morgan fingerprint density at radius 2 is 1.71 bits per heavy atom. The maximum absolute atomic E-state index is 12.7. The molecule has 1 aromatic heterocycles. The topological polar surface area (TPSA) is 105 Å². The van der Waals surface area contributed by atoms with E-state index in [4.69, 9.17) is 0 Å². The fraction of sp³-hybridized carbons (Fsp3) is 0.346. The number of rotatable bonds is 10. The number of carbonyl (C=O) groups is 1. The van der Waals surface area contributed by atoms with Crippen LogP contribution in [0.15, 0.2) is 60.9 Å². The lowest BCUT2D eigenvalue weighted by Gasteiger charge is -2.18. The Labute approximate surface area is 201 Å². The van der Waals surface area contributed by atoms with Crippen LogP contribution in [0.1, 0.15) is 37.2 Å². The van der Waals surface area contributed by atoms with Crippen LogP contribution in [0.4, 0.5) is 20.4 Å². The highest BCUT2D eigenvalue weighted by molar-refractivity contribution is 5.86. The predicted molar refractivity (Wildman–Crippen MR) is 127 cm³/mol. The first kappa shape index (κ1) is 24.7. The van der Waals surface area contributed by atoms with E-state index in [9.17, 15) is 23.8 Å². The molecular formula is C26H27F2N3O4. The highest BCUT2D eigenvalue weighted by Gasteiger charge is 2.30. The number of ether oxygens (including phenoxy) is 1. The number of halogens is 2. The molecule has 1 heterocycles. The number of aromatic nitrogens is 2. The summed E-state index contributed by atoms with van der Waals surface area (Å²) in [5.74, 6) is -0.268. The molecule has 0 saturated heterocycles. The molecule has 1 saturated carbocycles. The molecule has 0 radical (unpaired) electrons. The van der Waals surface area contributed by atoms with E-state index in [1.807, 2.05) is 0 Å². The summed E-state index contributed by atoms with van der Waals surface area (Å²) in [5, 5.41) is 22.9. The number of hydrogen-bond donors (Lipinski definition) is 3. The van der Waals surface area contributed by atoms with Crippen LogP contribution in [-0.4, -0.2) is 45.3 Å². The second-order valence-corrected chi connectivity index (χ2v) is 8.61. The first-order valence-corrected chi connectivity index (χ1v) is 11.5. The highest BCUT2D eigenvalue weighted by atomic mass is 19.3. The Kier molecular flexibility index (Phi) is 7.99. The lowest BCUT2D eigenvalue weighted by atomic mass is 9.88. The predicted octanol–water partition coefficient (Wildman–Crippen LogP) is 4.68. The van der Waals surface area contributed by atoms with Crippen molar-refractivity contribution >= 4 is 17.4 Å². The Morgan fingerprint density at radius 1 is 1.03 bits per heavy atom. The van der Waals surface area contributed by atoms with Crippen molar-refractivity contribution in [3.63, 3.8) is 0 Å². The SMILES string of the molecule is O=C(C[C@H]1CCC[C@@H]1O)[C@H](CO)c1ccc(Nc2ncc(-c3ccc(OC(F)F)cc3)cn2)cc1. The zero-order valence-corrected chi connectivity index (χ0v) is 19.0. The molecule has 3 aromatic rings. The van der Waals surface area contributed by atoms with Crippen LogP contribution in [0.25, 0.3) is 11.1 Å². The van der Waals surface area contributed by atoms with Crippen LogP contribution in [-0.2, 0) is 4.79 Å². The number of aliphatic hydroxyl groups is 2. The third-order valence-electron chi connectivity index (χ3n) is 6.29. The first-order chi connectivity index (χ1) is 16.9. The van der Waals surface area contributed by atoms with Gasteiger partial charge in [0.05, 0.1) is 18.6 Å². The van der Waals surface area contributed by atoms with E-state index < -0.39 is 18.6 Å². The van der Waals surface area contributed by atoms with Crippen LogP contribution in [0.2, 0.25) is 0 Å². The third kappa shape index (κ3) is 6.37. The van der Waals surface area contributed by atoms with Crippen molar-refractivity contribution in [3.05, 3.63) is 66.5 Å². The average Bonchev–Trinajstić information content (AvgIpc) is 3.25. The van der Waals surface area contributed by atoms with Crippen molar-refractivity contribution in [2.75, 3.05) is 11.9 Å². The molecule has 0 bridgehead atoms. The number of nitrogens with one attached hydrogen (secondary N) is 1. The molecule has 9 heteroatoms. The van der Waals surface area contributed by atoms with Gasteiger partial charge in [-0.3, -0.25) is 4.79 Å². The van der Waals surface area contributed by atoms with Gasteiger partial charge >= 0.3 is 6.61 Å². The summed E-state index contributed by atoms with van der Waals surface area (Å²) in [6, 6.07) is 13.3. The van der Waals surface area contributed by atoms with Gasteiger partial charge in [0.15, 0.2) is 0 Å². The fourth-order valence-electron chi connectivity index (χ4n) is 4.35. The minimum Gasteiger partial charge on any atom is -0.435 e. The molecular weight excluding hydrogens is 456 g/mol. The molecule has 0 amide bonds. The number of carbonyl (C=O) groups excluding carboxylic acids is 1. The van der Waals surface area contributed by atoms with Crippen LogP contribution in [0, 0.1) is 5.92 Å². The Balaban J connectivity index is 1.36. The number of aliphatic hydroxyl groups excluding tert-OH is 2. The molecule has 0 aliphatic heterocycles. The van der Waals surface area contributed by atoms with Crippen molar-refractivity contribution in [3.8, 4) is 16.9 Å². The summed E-state index contributed by atoms with van der Waals surface area (Å²) in [6.07, 6.45) is 5.56. The van der Waals surface area contributed by atoms with Crippen LogP contribution >= 0.6 is 0 Å². The van der Waals surface area contributed by atoms with Crippen molar-refractivity contribution in [1.29, 1.82) is 0 Å². The molecule has 7 nitrogen and oxygen atoms in total. The smallest absolute Gasteiger partial charge is 0.387 e. The quantitative estimate of drug-likeness (QED) is 0.384. The lowest BCUT2D eigenvalue weighted by molar-refractivity contribution is -0.123. The van der Waals surface area contributed by atoms with E-state index in [1.54, 1.807) is 48.8 Å². The number of benzene rings is 2. The summed E-state index contributed by atoms with van der Waals surface area (Å²) >= 11 is 0. The minimum absolute atomic E-state index is 0.0264. The van der Waals surface area contributed by atoms with Crippen molar-refractivity contribution in [2.24, 2.45) is 5.92 Å². The van der Waals surface area contributed by atoms with Gasteiger partial charge in [0, 0.05) is 30.1 Å². The summed E-state index contributed by atoms with van der Waals surface area (Å²) < 4.78 is 28.9. The van der Waals surface area contributed by atoms with Crippen LogP contribution < -0.4 is 10.1 Å². The van der Waals surface area contributed by atoms with Gasteiger partial charge in [0.25, 0.3) is 0 Å². The third-order valence-corrected chi connectivity index (χ3v) is 6.29. The van der Waals surface area contributed by atoms with Crippen LogP contribution in [0.3, 0.4) is 0 Å². The van der Waals surface area contributed by atoms with Gasteiger partial charge < -0.3 is 20.3 Å². The molecule has 1 fully saturated rings. The fourth-order valence-corrected chi connectivity index (χ4v) is 4.35. The number of Topliss-reactive ketones (excluding diaryl/α,β-unsaturated/α-hetero) is 1. The number of hydrogen-bond acceptors (Lipinski definition) is 7. The standard InChI is InChI=1S/C26H27F2N3O4/c27-25(28)35-21-10-6-16(7-11-21)19-13-29-26(30-14-19)31-20-8-4-17(5-9-20)22(15-32)24(34)12-18-2-1-3-23(18)33/h4-11,13-14,18,22-23,25,32-33H,1-3,12,15H2,(H,29,30,31)/t18-,22-,23+/m1/s1. The number of ketones is 1. The van der Waals surface area contributed by atoms with Crippen molar-refractivity contribution in [2.45, 2.75) is 44.3 Å².